The summed E-state index contributed by atoms with van der Waals surface area (Å²) in [6.45, 7) is 1.95. The molecule has 3 heterocycles. The summed E-state index contributed by atoms with van der Waals surface area (Å²) in [5, 5.41) is 9.59. The largest absolute Gasteiger partial charge is 0.454 e. The van der Waals surface area contributed by atoms with Gasteiger partial charge in [0.1, 0.15) is 17.4 Å². The van der Waals surface area contributed by atoms with E-state index in [1.807, 2.05) is 0 Å². The molecule has 0 saturated heterocycles. The Morgan fingerprint density at radius 3 is 2.76 bits per heavy atom. The topological polar surface area (TPSA) is 99.5 Å². The summed E-state index contributed by atoms with van der Waals surface area (Å²) in [5.74, 6) is 0.960. The molecular weight excluding hydrogens is 322 g/mol. The molecule has 126 valence electrons. The predicted molar refractivity (Wildman–Crippen MR) is 88.3 cm³/mol. The number of aromatic nitrogens is 1. The van der Waals surface area contributed by atoms with E-state index in [-0.39, 0.29) is 23.8 Å². The van der Waals surface area contributed by atoms with E-state index in [1.165, 1.54) is 4.57 Å². The van der Waals surface area contributed by atoms with Crippen LogP contribution in [-0.2, 0) is 7.05 Å². The average molecular weight is 337 g/mol. The Morgan fingerprint density at radius 2 is 2.00 bits per heavy atom. The first-order valence-electron chi connectivity index (χ1n) is 7.69. The van der Waals surface area contributed by atoms with Gasteiger partial charge in [-0.3, -0.25) is 4.79 Å². The highest BCUT2D eigenvalue weighted by molar-refractivity contribution is 5.57. The first-order valence-corrected chi connectivity index (χ1v) is 7.69. The zero-order valence-electron chi connectivity index (χ0n) is 13.7. The van der Waals surface area contributed by atoms with E-state index in [0.717, 1.165) is 5.69 Å². The van der Waals surface area contributed by atoms with Crippen molar-refractivity contribution in [1.82, 2.24) is 4.57 Å². The van der Waals surface area contributed by atoms with Gasteiger partial charge in [-0.1, -0.05) is 6.07 Å². The number of rotatable bonds is 1. The summed E-state index contributed by atoms with van der Waals surface area (Å²) in [7, 11) is 1.68. The summed E-state index contributed by atoms with van der Waals surface area (Å²) in [5.41, 5.74) is 7.77. The molecule has 1 aromatic carbocycles. The lowest BCUT2D eigenvalue weighted by atomic mass is 9.84. The minimum absolute atomic E-state index is 0.00493. The normalized spacial score (nSPS) is 17.7. The van der Waals surface area contributed by atoms with Crippen LogP contribution < -0.4 is 25.5 Å². The maximum absolute atomic E-state index is 12.9. The van der Waals surface area contributed by atoms with E-state index in [4.69, 9.17) is 19.9 Å². The molecule has 0 amide bonds. The highest BCUT2D eigenvalue weighted by Crippen LogP contribution is 2.43. The third-order valence-corrected chi connectivity index (χ3v) is 4.58. The number of aryl methyl sites for hydroxylation is 1. The lowest BCUT2D eigenvalue weighted by Crippen LogP contribution is -2.31. The maximum atomic E-state index is 12.9. The van der Waals surface area contributed by atoms with Gasteiger partial charge in [-0.25, -0.2) is 0 Å². The molecular formula is C18H15N3O4. The van der Waals surface area contributed by atoms with Gasteiger partial charge in [0.25, 0.3) is 5.56 Å². The number of hydrogen-bond donors (Lipinski definition) is 1. The van der Waals surface area contributed by atoms with Crippen molar-refractivity contribution in [2.45, 2.75) is 12.8 Å². The van der Waals surface area contributed by atoms with Gasteiger partial charge < -0.3 is 24.5 Å². The van der Waals surface area contributed by atoms with Crippen molar-refractivity contribution in [3.8, 4) is 23.3 Å². The highest BCUT2D eigenvalue weighted by atomic mass is 16.7. The summed E-state index contributed by atoms with van der Waals surface area (Å²) in [6, 6.07) is 9.16. The van der Waals surface area contributed by atoms with Gasteiger partial charge in [0.2, 0.25) is 12.7 Å². The van der Waals surface area contributed by atoms with Crippen molar-refractivity contribution in [2.24, 2.45) is 12.8 Å². The number of allylic oxidation sites excluding steroid dienone is 1. The molecule has 0 aliphatic carbocycles. The molecule has 7 heteroatoms. The second-order valence-corrected chi connectivity index (χ2v) is 5.97. The molecule has 0 fully saturated rings. The summed E-state index contributed by atoms with van der Waals surface area (Å²) < 4.78 is 17.8. The molecule has 0 bridgehead atoms. The zero-order chi connectivity index (χ0) is 17.7. The van der Waals surface area contributed by atoms with E-state index in [1.54, 1.807) is 38.2 Å². The Morgan fingerprint density at radius 1 is 1.24 bits per heavy atom. The summed E-state index contributed by atoms with van der Waals surface area (Å²) in [6.07, 6.45) is 0. The number of fused-ring (bicyclic) bond motifs is 2. The number of nitrogens with zero attached hydrogens (tertiary/aromatic N) is 2. The van der Waals surface area contributed by atoms with Gasteiger partial charge in [-0.05, 0) is 24.6 Å². The molecule has 2 aliphatic heterocycles. The van der Waals surface area contributed by atoms with Crippen LogP contribution in [0.1, 0.15) is 22.7 Å². The van der Waals surface area contributed by atoms with Crippen LogP contribution in [0.2, 0.25) is 0 Å². The fourth-order valence-electron chi connectivity index (χ4n) is 3.17. The van der Waals surface area contributed by atoms with E-state index in [2.05, 4.69) is 6.07 Å². The summed E-state index contributed by atoms with van der Waals surface area (Å²) >= 11 is 0. The smallest absolute Gasteiger partial charge is 0.258 e. The van der Waals surface area contributed by atoms with Crippen LogP contribution in [0.15, 0.2) is 40.5 Å². The first kappa shape index (κ1) is 15.1. The monoisotopic (exact) mass is 337 g/mol. The number of hydrogen-bond acceptors (Lipinski definition) is 6. The Balaban J connectivity index is 1.99. The van der Waals surface area contributed by atoms with Gasteiger partial charge in [-0.2, -0.15) is 5.26 Å². The Labute approximate surface area is 143 Å². The quantitative estimate of drug-likeness (QED) is 0.849. The molecule has 1 atom stereocenters. The molecule has 0 saturated carbocycles. The first-order chi connectivity index (χ1) is 12.0. The number of benzene rings is 1. The van der Waals surface area contributed by atoms with Gasteiger partial charge >= 0.3 is 0 Å². The molecule has 7 nitrogen and oxygen atoms in total. The zero-order valence-corrected chi connectivity index (χ0v) is 13.7. The van der Waals surface area contributed by atoms with Crippen LogP contribution in [0, 0.1) is 18.3 Å². The van der Waals surface area contributed by atoms with E-state index in [0.29, 0.717) is 28.4 Å². The summed E-state index contributed by atoms with van der Waals surface area (Å²) in [4.78, 5) is 12.9. The fraction of sp³-hybridized carbons (Fsp3) is 0.222. The maximum Gasteiger partial charge on any atom is 0.258 e. The van der Waals surface area contributed by atoms with Crippen LogP contribution in [0.5, 0.6) is 17.2 Å². The van der Waals surface area contributed by atoms with Gasteiger partial charge in [-0.15, -0.1) is 0 Å². The second kappa shape index (κ2) is 5.31. The second-order valence-electron chi connectivity index (χ2n) is 5.97. The van der Waals surface area contributed by atoms with Gasteiger partial charge in [0.05, 0.1) is 11.5 Å². The van der Waals surface area contributed by atoms with Crippen LogP contribution in [-0.4, -0.2) is 11.4 Å². The minimum atomic E-state index is -0.623. The number of pyridine rings is 1. The highest BCUT2D eigenvalue weighted by Gasteiger charge is 2.34. The standard InChI is InChI=1S/C18H15N3O4/c1-9-5-14-16(18(22)21(9)2)15(11(7-19)17(20)25-14)10-3-4-12-13(6-10)24-8-23-12/h3-6,15H,8,20H2,1-2H3/t15-/m0/s1. The van der Waals surface area contributed by atoms with Crippen molar-refractivity contribution < 1.29 is 14.2 Å². The Bertz CT molecular complexity index is 1030. The number of ether oxygens (including phenoxy) is 3. The molecule has 4 rings (SSSR count). The van der Waals surface area contributed by atoms with Crippen molar-refractivity contribution >= 4 is 0 Å². The van der Waals surface area contributed by atoms with Crippen LogP contribution in [0.4, 0.5) is 0 Å². The lowest BCUT2D eigenvalue weighted by molar-refractivity contribution is 0.174. The van der Waals surface area contributed by atoms with Crippen molar-refractivity contribution in [2.75, 3.05) is 6.79 Å². The Kier molecular flexibility index (Phi) is 3.22. The van der Waals surface area contributed by atoms with Gasteiger partial charge in [0.15, 0.2) is 11.5 Å². The number of nitriles is 1. The predicted octanol–water partition coefficient (Wildman–Crippen LogP) is 1.64. The van der Waals surface area contributed by atoms with Gasteiger partial charge in [0, 0.05) is 18.8 Å². The lowest BCUT2D eigenvalue weighted by Gasteiger charge is -2.26. The van der Waals surface area contributed by atoms with Crippen LogP contribution in [0.3, 0.4) is 0 Å². The van der Waals surface area contributed by atoms with Crippen molar-refractivity contribution in [3.63, 3.8) is 0 Å². The molecule has 1 aromatic heterocycles. The Hall–Kier alpha value is -3.40. The minimum Gasteiger partial charge on any atom is -0.454 e. The van der Waals surface area contributed by atoms with Crippen LogP contribution >= 0.6 is 0 Å². The third-order valence-electron chi connectivity index (χ3n) is 4.58. The third kappa shape index (κ3) is 2.15. The molecule has 0 radical (unpaired) electrons. The molecule has 0 unspecified atom stereocenters. The molecule has 2 N–H and O–H groups in total. The van der Waals surface area contributed by atoms with E-state index >= 15 is 0 Å². The molecule has 2 aromatic rings. The fourth-order valence-corrected chi connectivity index (χ4v) is 3.17. The molecule has 2 aliphatic rings. The molecule has 25 heavy (non-hydrogen) atoms. The average Bonchev–Trinajstić information content (AvgIpc) is 3.06. The van der Waals surface area contributed by atoms with E-state index in [9.17, 15) is 10.1 Å². The number of nitrogens with two attached hydrogens (primary N) is 1. The van der Waals surface area contributed by atoms with Crippen molar-refractivity contribution in [1.29, 1.82) is 5.26 Å². The van der Waals surface area contributed by atoms with E-state index < -0.39 is 5.92 Å². The SMILES string of the molecule is Cc1cc2c(c(=O)n1C)[C@@H](c1ccc3c(c1)OCO3)C(C#N)=C(N)O2. The van der Waals surface area contributed by atoms with Crippen molar-refractivity contribution in [3.05, 3.63) is 62.9 Å². The molecule has 0 spiro atoms. The van der Waals surface area contributed by atoms with Crippen LogP contribution in [0.25, 0.3) is 0 Å².